The van der Waals surface area contributed by atoms with E-state index in [1.54, 1.807) is 16.4 Å². The van der Waals surface area contributed by atoms with Crippen LogP contribution in [0, 0.1) is 5.92 Å². The van der Waals surface area contributed by atoms with E-state index < -0.39 is 10.0 Å². The zero-order valence-corrected chi connectivity index (χ0v) is 18.4. The Balaban J connectivity index is 1.45. The molecule has 1 N–H and O–H groups in total. The van der Waals surface area contributed by atoms with E-state index in [9.17, 15) is 13.2 Å². The van der Waals surface area contributed by atoms with Crippen LogP contribution in [-0.4, -0.2) is 55.2 Å². The normalized spacial score (nSPS) is 21.0. The van der Waals surface area contributed by atoms with Crippen molar-refractivity contribution in [3.8, 4) is 0 Å². The number of hydrogen-bond donors (Lipinski definition) is 1. The standard InChI is InChI=1S/C20H26N4O3S2/c1-14-4-3-10-24(12-14)29(26,27)16-7-5-15(6-8-16)19(25)22-20-21-17-9-11-23(2)13-18(17)28-20/h5-8,14H,3-4,9-13H2,1-2H3,(H,21,22,25). The van der Waals surface area contributed by atoms with Crippen LogP contribution in [0.4, 0.5) is 5.13 Å². The predicted molar refractivity (Wildman–Crippen MR) is 114 cm³/mol. The average molecular weight is 435 g/mol. The van der Waals surface area contributed by atoms with E-state index in [1.807, 2.05) is 0 Å². The number of sulfonamides is 1. The minimum absolute atomic E-state index is 0.232. The number of nitrogens with zero attached hydrogens (tertiary/aromatic N) is 3. The van der Waals surface area contributed by atoms with Gasteiger partial charge in [-0.25, -0.2) is 13.4 Å². The van der Waals surface area contributed by atoms with Crippen molar-refractivity contribution in [1.82, 2.24) is 14.2 Å². The van der Waals surface area contributed by atoms with Crippen molar-refractivity contribution >= 4 is 32.4 Å². The van der Waals surface area contributed by atoms with Gasteiger partial charge in [-0.2, -0.15) is 4.31 Å². The summed E-state index contributed by atoms with van der Waals surface area (Å²) in [5.41, 5.74) is 1.47. The molecular weight excluding hydrogens is 408 g/mol. The molecule has 1 aromatic carbocycles. The Morgan fingerprint density at radius 2 is 2.00 bits per heavy atom. The fraction of sp³-hybridized carbons (Fsp3) is 0.500. The van der Waals surface area contributed by atoms with Crippen LogP contribution in [0.25, 0.3) is 0 Å². The first-order chi connectivity index (χ1) is 13.8. The maximum absolute atomic E-state index is 12.9. The summed E-state index contributed by atoms with van der Waals surface area (Å²) in [6, 6.07) is 6.17. The fourth-order valence-electron chi connectivity index (χ4n) is 3.84. The Kier molecular flexibility index (Phi) is 5.74. The number of thiazole rings is 1. The van der Waals surface area contributed by atoms with Crippen LogP contribution in [-0.2, 0) is 23.0 Å². The summed E-state index contributed by atoms with van der Waals surface area (Å²) in [6.45, 7) is 5.00. The third kappa shape index (κ3) is 4.37. The molecule has 0 radical (unpaired) electrons. The number of piperidine rings is 1. The lowest BCUT2D eigenvalue weighted by Crippen LogP contribution is -2.39. The lowest BCUT2D eigenvalue weighted by molar-refractivity contribution is 0.102. The van der Waals surface area contributed by atoms with E-state index in [2.05, 4.69) is 29.2 Å². The second kappa shape index (κ2) is 8.14. The van der Waals surface area contributed by atoms with Crippen molar-refractivity contribution in [2.24, 2.45) is 5.92 Å². The number of rotatable bonds is 4. The maximum Gasteiger partial charge on any atom is 0.257 e. The fourth-order valence-corrected chi connectivity index (χ4v) is 6.52. The van der Waals surface area contributed by atoms with E-state index in [-0.39, 0.29) is 10.8 Å². The molecule has 9 heteroatoms. The van der Waals surface area contributed by atoms with Gasteiger partial charge in [-0.1, -0.05) is 6.92 Å². The molecule has 2 aliphatic rings. The molecule has 4 rings (SSSR count). The minimum Gasteiger partial charge on any atom is -0.301 e. The predicted octanol–water partition coefficient (Wildman–Crippen LogP) is 2.80. The Morgan fingerprint density at radius 1 is 1.24 bits per heavy atom. The largest absolute Gasteiger partial charge is 0.301 e. The first-order valence-electron chi connectivity index (χ1n) is 9.91. The Bertz CT molecular complexity index is 1000. The monoisotopic (exact) mass is 434 g/mol. The summed E-state index contributed by atoms with van der Waals surface area (Å²) in [5, 5.41) is 3.44. The first-order valence-corrected chi connectivity index (χ1v) is 12.2. The quantitative estimate of drug-likeness (QED) is 0.800. The van der Waals surface area contributed by atoms with Gasteiger partial charge in [-0.3, -0.25) is 10.1 Å². The second-order valence-electron chi connectivity index (χ2n) is 7.97. The maximum atomic E-state index is 12.9. The minimum atomic E-state index is -3.52. The van der Waals surface area contributed by atoms with Crippen LogP contribution in [0.2, 0.25) is 0 Å². The highest BCUT2D eigenvalue weighted by atomic mass is 32.2. The molecule has 29 heavy (non-hydrogen) atoms. The molecule has 0 bridgehead atoms. The number of likely N-dealkylation sites (N-methyl/N-ethyl adjacent to an activating group) is 1. The van der Waals surface area contributed by atoms with E-state index in [4.69, 9.17) is 0 Å². The Hall–Kier alpha value is -1.81. The topological polar surface area (TPSA) is 82.6 Å². The number of carbonyl (C=O) groups excluding carboxylic acids is 1. The SMILES string of the molecule is CC1CCCN(S(=O)(=O)c2ccc(C(=O)Nc3nc4c(s3)CN(C)CC4)cc2)C1. The molecule has 0 spiro atoms. The van der Waals surface area contributed by atoms with Crippen LogP contribution >= 0.6 is 11.3 Å². The molecule has 2 aromatic rings. The molecule has 1 unspecified atom stereocenters. The van der Waals surface area contributed by atoms with E-state index in [0.29, 0.717) is 29.7 Å². The van der Waals surface area contributed by atoms with Crippen LogP contribution in [0.15, 0.2) is 29.2 Å². The van der Waals surface area contributed by atoms with Crippen LogP contribution < -0.4 is 5.32 Å². The van der Waals surface area contributed by atoms with Gasteiger partial charge < -0.3 is 4.90 Å². The van der Waals surface area contributed by atoms with Gasteiger partial charge in [0, 0.05) is 43.0 Å². The molecule has 1 saturated heterocycles. The third-order valence-electron chi connectivity index (χ3n) is 5.52. The van der Waals surface area contributed by atoms with Gasteiger partial charge in [0.1, 0.15) is 0 Å². The van der Waals surface area contributed by atoms with Crippen molar-refractivity contribution in [3.05, 3.63) is 40.4 Å². The van der Waals surface area contributed by atoms with Gasteiger partial charge >= 0.3 is 0 Å². The molecule has 0 aliphatic carbocycles. The van der Waals surface area contributed by atoms with Gasteiger partial charge in [0.2, 0.25) is 10.0 Å². The highest BCUT2D eigenvalue weighted by Crippen LogP contribution is 2.28. The number of carbonyl (C=O) groups is 1. The molecule has 1 amide bonds. The summed E-state index contributed by atoms with van der Waals surface area (Å²) in [5.74, 6) is 0.0903. The zero-order valence-electron chi connectivity index (χ0n) is 16.7. The second-order valence-corrected chi connectivity index (χ2v) is 11.0. The van der Waals surface area contributed by atoms with Crippen LogP contribution in [0.5, 0.6) is 0 Å². The van der Waals surface area contributed by atoms with Crippen molar-refractivity contribution < 1.29 is 13.2 Å². The molecule has 1 aromatic heterocycles. The number of nitrogens with one attached hydrogen (secondary N) is 1. The number of aromatic nitrogens is 1. The number of benzene rings is 1. The average Bonchev–Trinajstić information content (AvgIpc) is 3.09. The third-order valence-corrected chi connectivity index (χ3v) is 8.39. The van der Waals surface area contributed by atoms with Crippen LogP contribution in [0.1, 0.15) is 40.7 Å². The summed E-state index contributed by atoms with van der Waals surface area (Å²) in [6.07, 6.45) is 2.83. The molecule has 156 valence electrons. The molecule has 2 aliphatic heterocycles. The van der Waals surface area contributed by atoms with Crippen molar-refractivity contribution in [2.45, 2.75) is 37.6 Å². The summed E-state index contributed by atoms with van der Waals surface area (Å²) < 4.78 is 27.3. The zero-order chi connectivity index (χ0) is 20.6. The molecule has 1 atom stereocenters. The van der Waals surface area contributed by atoms with E-state index in [0.717, 1.165) is 38.0 Å². The lowest BCUT2D eigenvalue weighted by Gasteiger charge is -2.30. The van der Waals surface area contributed by atoms with Gasteiger partial charge in [0.25, 0.3) is 5.91 Å². The first kappa shape index (κ1) is 20.5. The van der Waals surface area contributed by atoms with Crippen molar-refractivity contribution in [2.75, 3.05) is 32.0 Å². The number of anilines is 1. The highest BCUT2D eigenvalue weighted by Gasteiger charge is 2.28. The molecule has 0 saturated carbocycles. The van der Waals surface area contributed by atoms with Gasteiger partial charge in [0.05, 0.1) is 10.6 Å². The Labute approximate surface area is 175 Å². The molecule has 3 heterocycles. The van der Waals surface area contributed by atoms with Crippen LogP contribution in [0.3, 0.4) is 0 Å². The number of fused-ring (bicyclic) bond motifs is 1. The summed E-state index contributed by atoms with van der Waals surface area (Å²) in [7, 11) is -1.45. The van der Waals surface area contributed by atoms with Gasteiger partial charge in [0.15, 0.2) is 5.13 Å². The smallest absolute Gasteiger partial charge is 0.257 e. The molecular formula is C20H26N4O3S2. The van der Waals surface area contributed by atoms with Gasteiger partial charge in [-0.05, 0) is 50.1 Å². The molecule has 1 fully saturated rings. The number of hydrogen-bond acceptors (Lipinski definition) is 6. The lowest BCUT2D eigenvalue weighted by atomic mass is 10.0. The molecule has 7 nitrogen and oxygen atoms in total. The highest BCUT2D eigenvalue weighted by molar-refractivity contribution is 7.89. The van der Waals surface area contributed by atoms with E-state index >= 15 is 0 Å². The van der Waals surface area contributed by atoms with Gasteiger partial charge in [-0.15, -0.1) is 11.3 Å². The van der Waals surface area contributed by atoms with Crippen molar-refractivity contribution in [1.29, 1.82) is 0 Å². The van der Waals surface area contributed by atoms with Crippen molar-refractivity contribution in [3.63, 3.8) is 0 Å². The summed E-state index contributed by atoms with van der Waals surface area (Å²) in [4.78, 5) is 20.8. The summed E-state index contributed by atoms with van der Waals surface area (Å²) >= 11 is 1.50. The number of amides is 1. The Morgan fingerprint density at radius 3 is 2.72 bits per heavy atom. The van der Waals surface area contributed by atoms with E-state index in [1.165, 1.54) is 28.3 Å².